The van der Waals surface area contributed by atoms with Crippen molar-refractivity contribution in [1.82, 2.24) is 0 Å². The molecule has 0 spiro atoms. The van der Waals surface area contributed by atoms with Crippen LogP contribution in [0.1, 0.15) is 162 Å². The highest BCUT2D eigenvalue weighted by atomic mass is 16.6. The Kier molecular flexibility index (Phi) is 44.2. The summed E-state index contributed by atoms with van der Waals surface area (Å²) in [4.78, 5) is 25.2. The molecule has 1 unspecified atom stereocenters. The molecular weight excluding hydrogens is 717 g/mol. The van der Waals surface area contributed by atoms with E-state index in [1.54, 1.807) is 0 Å². The van der Waals surface area contributed by atoms with Crippen molar-refractivity contribution in [3.8, 4) is 0 Å². The van der Waals surface area contributed by atoms with Gasteiger partial charge in [0, 0.05) is 19.4 Å². The summed E-state index contributed by atoms with van der Waals surface area (Å²) in [5.41, 5.74) is 0. The summed E-state index contributed by atoms with van der Waals surface area (Å²) in [6, 6.07) is 0. The lowest BCUT2D eigenvalue weighted by molar-refractivity contribution is -0.162. The SMILES string of the molecule is CC/C=C\C/C=C\C/C=C\C/C=C\CCCOCC(COC(=O)CCCCCCC/C=C\C/C=C\C/C=C\CC)OC(=O)CC/C=C\C/C=C\C/C=C\C/C=C\CC. The van der Waals surface area contributed by atoms with E-state index in [9.17, 15) is 9.59 Å². The van der Waals surface area contributed by atoms with Gasteiger partial charge in [-0.2, -0.15) is 0 Å². The zero-order valence-electron chi connectivity index (χ0n) is 37.0. The molecule has 58 heavy (non-hydrogen) atoms. The quantitative estimate of drug-likeness (QED) is 0.0352. The molecule has 0 rings (SSSR count). The molecule has 0 N–H and O–H groups in total. The lowest BCUT2D eigenvalue weighted by Crippen LogP contribution is -2.30. The normalized spacial score (nSPS) is 13.5. The third-order valence-corrected chi connectivity index (χ3v) is 8.68. The predicted molar refractivity (Wildman–Crippen MR) is 251 cm³/mol. The van der Waals surface area contributed by atoms with Crippen LogP contribution < -0.4 is 0 Å². The number of ether oxygens (including phenoxy) is 3. The molecule has 324 valence electrons. The summed E-state index contributed by atoms with van der Waals surface area (Å²) in [6.45, 7) is 7.21. The van der Waals surface area contributed by atoms with Gasteiger partial charge in [-0.15, -0.1) is 0 Å². The van der Waals surface area contributed by atoms with Gasteiger partial charge in [-0.25, -0.2) is 0 Å². The molecule has 0 aliphatic heterocycles. The van der Waals surface area contributed by atoms with Crippen molar-refractivity contribution < 1.29 is 23.8 Å². The molecule has 0 aliphatic rings. The fraction of sp³-hybridized carbons (Fsp3) is 0.547. The minimum Gasteiger partial charge on any atom is -0.462 e. The van der Waals surface area contributed by atoms with Gasteiger partial charge in [0.25, 0.3) is 0 Å². The summed E-state index contributed by atoms with van der Waals surface area (Å²) in [5, 5.41) is 0. The first-order valence-electron chi connectivity index (χ1n) is 22.7. The van der Waals surface area contributed by atoms with Gasteiger partial charge in [-0.05, 0) is 109 Å². The molecule has 5 heteroatoms. The van der Waals surface area contributed by atoms with Crippen molar-refractivity contribution in [3.05, 3.63) is 134 Å². The zero-order valence-corrected chi connectivity index (χ0v) is 37.0. The molecule has 0 aromatic carbocycles. The lowest BCUT2D eigenvalue weighted by atomic mass is 10.1. The maximum Gasteiger partial charge on any atom is 0.306 e. The molecule has 0 saturated carbocycles. The van der Waals surface area contributed by atoms with E-state index in [-0.39, 0.29) is 31.6 Å². The summed E-state index contributed by atoms with van der Waals surface area (Å²) in [7, 11) is 0. The highest BCUT2D eigenvalue weighted by Crippen LogP contribution is 2.10. The Morgan fingerprint density at radius 2 is 0.759 bits per heavy atom. The Morgan fingerprint density at radius 1 is 0.379 bits per heavy atom. The molecule has 0 bridgehead atoms. The van der Waals surface area contributed by atoms with Crippen LogP contribution in [0.4, 0.5) is 0 Å². The minimum atomic E-state index is -0.618. The van der Waals surface area contributed by atoms with Crippen molar-refractivity contribution in [3.63, 3.8) is 0 Å². The Balaban J connectivity index is 4.51. The van der Waals surface area contributed by atoms with Crippen LogP contribution in [0.25, 0.3) is 0 Å². The van der Waals surface area contributed by atoms with Crippen LogP contribution in [0.2, 0.25) is 0 Å². The molecule has 0 saturated heterocycles. The maximum absolute atomic E-state index is 12.7. The third-order valence-electron chi connectivity index (χ3n) is 8.68. The van der Waals surface area contributed by atoms with Gasteiger partial charge < -0.3 is 14.2 Å². The first kappa shape index (κ1) is 54.0. The van der Waals surface area contributed by atoms with Crippen LogP contribution >= 0.6 is 0 Å². The van der Waals surface area contributed by atoms with Crippen molar-refractivity contribution in [2.24, 2.45) is 0 Å². The molecule has 0 amide bonds. The second-order valence-corrected chi connectivity index (χ2v) is 14.2. The van der Waals surface area contributed by atoms with E-state index in [1.165, 1.54) is 6.42 Å². The lowest BCUT2D eigenvalue weighted by Gasteiger charge is -2.18. The van der Waals surface area contributed by atoms with E-state index in [2.05, 4.69) is 148 Å². The molecular formula is C53H82O5. The average Bonchev–Trinajstić information content (AvgIpc) is 3.22. The highest BCUT2D eigenvalue weighted by molar-refractivity contribution is 5.70. The molecule has 5 nitrogen and oxygen atoms in total. The molecule has 0 aromatic heterocycles. The number of hydrogen-bond acceptors (Lipinski definition) is 5. The number of carbonyl (C=O) groups excluding carboxylic acids is 2. The third kappa shape index (κ3) is 44.8. The number of esters is 2. The van der Waals surface area contributed by atoms with Crippen LogP contribution in [0, 0.1) is 0 Å². The topological polar surface area (TPSA) is 61.8 Å². The predicted octanol–water partition coefficient (Wildman–Crippen LogP) is 15.2. The smallest absolute Gasteiger partial charge is 0.306 e. The van der Waals surface area contributed by atoms with E-state index in [0.717, 1.165) is 116 Å². The monoisotopic (exact) mass is 799 g/mol. The summed E-state index contributed by atoms with van der Waals surface area (Å²) in [6.07, 6.45) is 67.6. The maximum atomic E-state index is 12.7. The largest absolute Gasteiger partial charge is 0.462 e. The molecule has 1 atom stereocenters. The van der Waals surface area contributed by atoms with Crippen LogP contribution in [-0.2, 0) is 23.8 Å². The van der Waals surface area contributed by atoms with Crippen LogP contribution in [0.5, 0.6) is 0 Å². The summed E-state index contributed by atoms with van der Waals surface area (Å²) < 4.78 is 17.2. The Morgan fingerprint density at radius 3 is 1.22 bits per heavy atom. The van der Waals surface area contributed by atoms with Gasteiger partial charge in [0.05, 0.1) is 6.61 Å². The van der Waals surface area contributed by atoms with Gasteiger partial charge >= 0.3 is 11.9 Å². The van der Waals surface area contributed by atoms with Gasteiger partial charge in [0.1, 0.15) is 6.61 Å². The van der Waals surface area contributed by atoms with Crippen molar-refractivity contribution in [2.45, 2.75) is 168 Å². The Bertz CT molecular complexity index is 1270. The Labute approximate surface area is 356 Å². The number of unbranched alkanes of at least 4 members (excludes halogenated alkanes) is 6. The van der Waals surface area contributed by atoms with Crippen LogP contribution in [0.15, 0.2) is 134 Å². The number of carbonyl (C=O) groups is 2. The second-order valence-electron chi connectivity index (χ2n) is 14.2. The van der Waals surface area contributed by atoms with Crippen LogP contribution in [-0.4, -0.2) is 37.9 Å². The fourth-order valence-corrected chi connectivity index (χ4v) is 5.42. The standard InChI is InChI=1S/C53H82O5/c1-4-7-10-13-16-19-22-25-27-29-31-34-37-40-43-46-52(54)57-50-51(49-56-48-45-42-39-36-33-30-26-23-20-17-14-11-8-5-2)58-53(55)47-44-41-38-35-32-28-24-21-18-15-12-9-6-3/h7-12,16-21,25-28,30,32,36,38-39,41,51H,4-6,13-15,22-24,29,31,33-35,37,40,42-50H2,1-3H3/b10-7-,11-8-,12-9-,19-16-,20-17-,21-18-,27-25-,30-26-,32-28-,39-36-,41-38-. The van der Waals surface area contributed by atoms with Gasteiger partial charge in [-0.3, -0.25) is 9.59 Å². The summed E-state index contributed by atoms with van der Waals surface area (Å²) in [5.74, 6) is -0.556. The van der Waals surface area contributed by atoms with E-state index in [0.29, 0.717) is 19.4 Å². The van der Waals surface area contributed by atoms with Crippen molar-refractivity contribution in [2.75, 3.05) is 19.8 Å². The van der Waals surface area contributed by atoms with Crippen LogP contribution in [0.3, 0.4) is 0 Å². The number of hydrogen-bond donors (Lipinski definition) is 0. The molecule has 0 heterocycles. The second kappa shape index (κ2) is 47.4. The van der Waals surface area contributed by atoms with E-state index >= 15 is 0 Å². The average molecular weight is 799 g/mol. The minimum absolute atomic E-state index is 0.0162. The molecule has 0 aromatic rings. The first-order valence-corrected chi connectivity index (χ1v) is 22.7. The Hall–Kier alpha value is -3.96. The van der Waals surface area contributed by atoms with E-state index in [4.69, 9.17) is 14.2 Å². The molecule has 0 aliphatic carbocycles. The van der Waals surface area contributed by atoms with Gasteiger partial charge in [0.2, 0.25) is 0 Å². The summed E-state index contributed by atoms with van der Waals surface area (Å²) >= 11 is 0. The molecule has 0 fully saturated rings. The number of allylic oxidation sites excluding steroid dienone is 22. The number of rotatable bonds is 39. The van der Waals surface area contributed by atoms with E-state index < -0.39 is 6.10 Å². The van der Waals surface area contributed by atoms with Gasteiger partial charge in [-0.1, -0.05) is 174 Å². The van der Waals surface area contributed by atoms with Crippen molar-refractivity contribution >= 4 is 11.9 Å². The fourth-order valence-electron chi connectivity index (χ4n) is 5.42. The highest BCUT2D eigenvalue weighted by Gasteiger charge is 2.17. The van der Waals surface area contributed by atoms with Crippen molar-refractivity contribution in [1.29, 1.82) is 0 Å². The molecule has 0 radical (unpaired) electrons. The first-order chi connectivity index (χ1) is 28.6. The zero-order chi connectivity index (χ0) is 42.1. The van der Waals surface area contributed by atoms with Gasteiger partial charge in [0.15, 0.2) is 6.10 Å². The van der Waals surface area contributed by atoms with E-state index in [1.807, 2.05) is 6.08 Å².